The van der Waals surface area contributed by atoms with E-state index in [0.717, 1.165) is 24.7 Å². The number of aromatic nitrogens is 3. The number of hydrogen-bond acceptors (Lipinski definition) is 2. The van der Waals surface area contributed by atoms with Crippen LogP contribution in [-0.4, -0.2) is 13.9 Å². The van der Waals surface area contributed by atoms with Crippen molar-refractivity contribution < 1.29 is 0 Å². The lowest BCUT2D eigenvalue weighted by atomic mass is 9.67. The summed E-state index contributed by atoms with van der Waals surface area (Å²) in [5.74, 6) is 3.03. The standard InChI is InChI=1S/C15H15N3O2/c1-16-12(19)17-10-7-6-8(7)11(18(17)13(16)20)15-5-3-2-4-14(10,15)9(6)15/h2-3,6-11H,4-5H2,1H3/t6?,7-,8+,9?,10-,11-,14+,15-/m1/s1. The third kappa shape index (κ3) is 0.504. The van der Waals surface area contributed by atoms with E-state index in [1.807, 2.05) is 9.36 Å². The summed E-state index contributed by atoms with van der Waals surface area (Å²) in [4.78, 5) is 25.0. The molecule has 0 amide bonds. The Morgan fingerprint density at radius 1 is 0.950 bits per heavy atom. The monoisotopic (exact) mass is 269 g/mol. The van der Waals surface area contributed by atoms with Gasteiger partial charge in [-0.1, -0.05) is 12.2 Å². The van der Waals surface area contributed by atoms with Crippen LogP contribution in [-0.2, 0) is 7.05 Å². The molecule has 0 radical (unpaired) electrons. The molecule has 3 heterocycles. The minimum Gasteiger partial charge on any atom is -0.246 e. The zero-order chi connectivity index (χ0) is 13.2. The largest absolute Gasteiger partial charge is 0.347 e. The van der Waals surface area contributed by atoms with Gasteiger partial charge in [0, 0.05) is 17.9 Å². The van der Waals surface area contributed by atoms with Gasteiger partial charge >= 0.3 is 11.4 Å². The second kappa shape index (κ2) is 2.11. The van der Waals surface area contributed by atoms with E-state index in [0.29, 0.717) is 34.7 Å². The molecule has 4 fully saturated rings. The second-order valence-corrected chi connectivity index (χ2v) is 7.87. The first-order chi connectivity index (χ1) is 9.68. The molecule has 102 valence electrons. The Morgan fingerprint density at radius 2 is 1.45 bits per heavy atom. The summed E-state index contributed by atoms with van der Waals surface area (Å²) in [5.41, 5.74) is 0.515. The molecule has 0 aromatic carbocycles. The fourth-order valence-corrected chi connectivity index (χ4v) is 7.92. The number of rotatable bonds is 0. The van der Waals surface area contributed by atoms with Gasteiger partial charge in [-0.3, -0.25) is 0 Å². The molecule has 5 heteroatoms. The molecule has 2 aliphatic heterocycles. The normalized spacial score (nSPS) is 60.5. The fraction of sp³-hybridized carbons (Fsp3) is 0.733. The Morgan fingerprint density at radius 3 is 1.95 bits per heavy atom. The summed E-state index contributed by atoms with van der Waals surface area (Å²) in [7, 11) is 1.63. The maximum absolute atomic E-state index is 12.5. The Balaban J connectivity index is 1.69. The summed E-state index contributed by atoms with van der Waals surface area (Å²) in [6.45, 7) is 0. The van der Waals surface area contributed by atoms with E-state index in [4.69, 9.17) is 0 Å². The van der Waals surface area contributed by atoms with Crippen molar-refractivity contribution in [3.05, 3.63) is 33.1 Å². The van der Waals surface area contributed by atoms with Crippen LogP contribution >= 0.6 is 0 Å². The molecule has 2 bridgehead atoms. The molecule has 2 spiro atoms. The van der Waals surface area contributed by atoms with Crippen molar-refractivity contribution in [3.8, 4) is 0 Å². The molecule has 7 aliphatic rings. The fourth-order valence-electron chi connectivity index (χ4n) is 7.92. The lowest BCUT2D eigenvalue weighted by Gasteiger charge is -2.49. The SMILES string of the molecule is Cn1c(=O)n2n(c1=O)[C@@H]1[C@H]3C4C5[C@@]6(CC=CC[C@@]516)[C@H]2[C@H]43. The maximum atomic E-state index is 12.5. The van der Waals surface area contributed by atoms with Gasteiger partial charge in [0.15, 0.2) is 0 Å². The van der Waals surface area contributed by atoms with Gasteiger partial charge in [0.25, 0.3) is 0 Å². The van der Waals surface area contributed by atoms with Gasteiger partial charge in [-0.25, -0.2) is 23.5 Å². The van der Waals surface area contributed by atoms with Crippen LogP contribution in [0.5, 0.6) is 0 Å². The highest BCUT2D eigenvalue weighted by atomic mass is 16.2. The van der Waals surface area contributed by atoms with Crippen molar-refractivity contribution in [2.24, 2.45) is 41.5 Å². The zero-order valence-electron chi connectivity index (χ0n) is 11.2. The number of hydrogen-bond donors (Lipinski definition) is 0. The predicted molar refractivity (Wildman–Crippen MR) is 69.2 cm³/mol. The minimum absolute atomic E-state index is 0.0841. The molecule has 1 aromatic heterocycles. The van der Waals surface area contributed by atoms with E-state index < -0.39 is 0 Å². The summed E-state index contributed by atoms with van der Waals surface area (Å²) in [6.07, 6.45) is 6.92. The van der Waals surface area contributed by atoms with Crippen molar-refractivity contribution in [1.29, 1.82) is 0 Å². The van der Waals surface area contributed by atoms with E-state index in [2.05, 4.69) is 12.2 Å². The molecule has 5 nitrogen and oxygen atoms in total. The Bertz CT molecular complexity index is 820. The smallest absolute Gasteiger partial charge is 0.246 e. The van der Waals surface area contributed by atoms with E-state index in [-0.39, 0.29) is 11.4 Å². The van der Waals surface area contributed by atoms with Crippen LogP contribution in [0, 0.1) is 34.5 Å². The van der Waals surface area contributed by atoms with Crippen molar-refractivity contribution in [2.75, 3.05) is 0 Å². The van der Waals surface area contributed by atoms with Gasteiger partial charge < -0.3 is 0 Å². The Kier molecular flexibility index (Phi) is 0.992. The van der Waals surface area contributed by atoms with Gasteiger partial charge in [-0.2, -0.15) is 0 Å². The molecule has 5 aliphatic carbocycles. The van der Waals surface area contributed by atoms with Crippen LogP contribution in [0.25, 0.3) is 0 Å². The molecule has 2 unspecified atom stereocenters. The summed E-state index contributed by atoms with van der Waals surface area (Å²) >= 11 is 0. The van der Waals surface area contributed by atoms with Gasteiger partial charge in [-0.15, -0.1) is 0 Å². The third-order valence-corrected chi connectivity index (χ3v) is 8.06. The van der Waals surface area contributed by atoms with Gasteiger partial charge in [-0.05, 0) is 36.5 Å². The Labute approximate surface area is 114 Å². The molecule has 8 atom stereocenters. The molecule has 4 saturated carbocycles. The number of nitrogens with zero attached hydrogens (tertiary/aromatic N) is 3. The van der Waals surface area contributed by atoms with Gasteiger partial charge in [0.1, 0.15) is 0 Å². The van der Waals surface area contributed by atoms with E-state index >= 15 is 0 Å². The highest BCUT2D eigenvalue weighted by molar-refractivity contribution is 5.50. The highest BCUT2D eigenvalue weighted by Gasteiger charge is 3.02. The minimum atomic E-state index is -0.0841. The van der Waals surface area contributed by atoms with Crippen LogP contribution in [0.1, 0.15) is 24.9 Å². The molecule has 20 heavy (non-hydrogen) atoms. The predicted octanol–water partition coefficient (Wildman–Crippen LogP) is 0.286. The maximum Gasteiger partial charge on any atom is 0.347 e. The first-order valence-electron chi connectivity index (χ1n) is 7.73. The van der Waals surface area contributed by atoms with Crippen molar-refractivity contribution in [1.82, 2.24) is 13.9 Å². The van der Waals surface area contributed by atoms with Gasteiger partial charge in [0.05, 0.1) is 12.1 Å². The highest BCUT2D eigenvalue weighted by Crippen LogP contribution is 3.04. The van der Waals surface area contributed by atoms with Crippen molar-refractivity contribution in [3.63, 3.8) is 0 Å². The lowest BCUT2D eigenvalue weighted by Crippen LogP contribution is -2.53. The summed E-state index contributed by atoms with van der Waals surface area (Å²) in [5, 5.41) is 0. The van der Waals surface area contributed by atoms with Crippen LogP contribution in [0.3, 0.4) is 0 Å². The molecular formula is C15H15N3O2. The molecule has 0 saturated heterocycles. The quantitative estimate of drug-likeness (QED) is 0.635. The topological polar surface area (TPSA) is 48.9 Å². The van der Waals surface area contributed by atoms with Crippen LogP contribution in [0.4, 0.5) is 0 Å². The first kappa shape index (κ1) is 9.42. The average Bonchev–Trinajstić information content (AvgIpc) is 3.24. The second-order valence-electron chi connectivity index (χ2n) is 7.87. The van der Waals surface area contributed by atoms with E-state index in [1.165, 1.54) is 4.57 Å². The lowest BCUT2D eigenvalue weighted by molar-refractivity contribution is -0.00147. The van der Waals surface area contributed by atoms with Crippen molar-refractivity contribution in [2.45, 2.75) is 24.9 Å². The van der Waals surface area contributed by atoms with E-state index in [1.54, 1.807) is 7.05 Å². The summed E-state index contributed by atoms with van der Waals surface area (Å²) in [6, 6.07) is 0.637. The average molecular weight is 269 g/mol. The van der Waals surface area contributed by atoms with Crippen LogP contribution in [0.15, 0.2) is 21.7 Å². The van der Waals surface area contributed by atoms with E-state index in [9.17, 15) is 9.59 Å². The van der Waals surface area contributed by atoms with Crippen LogP contribution in [0.2, 0.25) is 0 Å². The molecule has 0 N–H and O–H groups in total. The number of allylic oxidation sites excluding steroid dienone is 2. The zero-order valence-corrected chi connectivity index (χ0v) is 11.2. The third-order valence-electron chi connectivity index (χ3n) is 8.06. The van der Waals surface area contributed by atoms with Crippen molar-refractivity contribution >= 4 is 0 Å². The van der Waals surface area contributed by atoms with Gasteiger partial charge in [0.2, 0.25) is 0 Å². The molecular weight excluding hydrogens is 254 g/mol. The molecule has 1 aromatic rings. The summed E-state index contributed by atoms with van der Waals surface area (Å²) < 4.78 is 5.06. The Hall–Kier alpha value is -1.52. The van der Waals surface area contributed by atoms with Crippen LogP contribution < -0.4 is 11.4 Å². The molecule has 8 rings (SSSR count). The first-order valence-corrected chi connectivity index (χ1v) is 7.73.